The number of nitrogens with one attached hydrogen (secondary N) is 1. The molecule has 2 aromatic rings. The highest BCUT2D eigenvalue weighted by molar-refractivity contribution is 7.75. The molecule has 0 unspecified atom stereocenters. The van der Waals surface area contributed by atoms with E-state index in [0.717, 1.165) is 37.8 Å². The second kappa shape index (κ2) is 7.29. The summed E-state index contributed by atoms with van der Waals surface area (Å²) in [4.78, 5) is 12.6. The van der Waals surface area contributed by atoms with Crippen LogP contribution in [0.4, 0.5) is 10.5 Å². The molecule has 7 heteroatoms. The highest BCUT2D eigenvalue weighted by Gasteiger charge is 2.28. The standard InChI is InChI=1S/C22H27N2O4S/c1-12-8-9-16-17(12)10-14-6-5-7-15(14)20(16)23-21(25)24-29(27)19-11-18(13(2)28-19)22(3,4)26/h10-12,26H,5-9H2,1-4H3,(H,23,25)/q-1/t12-/m0/s1. The highest BCUT2D eigenvalue weighted by atomic mass is 32.2. The van der Waals surface area contributed by atoms with Crippen molar-refractivity contribution in [1.82, 2.24) is 0 Å². The van der Waals surface area contributed by atoms with Crippen molar-refractivity contribution in [1.29, 1.82) is 0 Å². The summed E-state index contributed by atoms with van der Waals surface area (Å²) < 4.78 is 21.8. The lowest BCUT2D eigenvalue weighted by Gasteiger charge is -2.16. The second-order valence-corrected chi connectivity index (χ2v) is 9.70. The molecular weight excluding hydrogens is 388 g/mol. The maximum atomic E-state index is 12.6. The molecule has 0 saturated heterocycles. The number of aryl methyl sites for hydroxylation is 2. The monoisotopic (exact) mass is 415 g/mol. The lowest BCUT2D eigenvalue weighted by atomic mass is 9.96. The Bertz CT molecular complexity index is 1070. The molecule has 2 aliphatic rings. The number of rotatable bonds is 3. The first-order chi connectivity index (χ1) is 13.6. The van der Waals surface area contributed by atoms with E-state index in [1.807, 2.05) is 0 Å². The van der Waals surface area contributed by atoms with E-state index in [0.29, 0.717) is 17.2 Å². The van der Waals surface area contributed by atoms with Crippen molar-refractivity contribution in [3.05, 3.63) is 45.7 Å². The van der Waals surface area contributed by atoms with Crippen LogP contribution in [-0.4, -0.2) is 11.1 Å². The highest BCUT2D eigenvalue weighted by Crippen LogP contribution is 2.43. The molecule has 4 rings (SSSR count). The van der Waals surface area contributed by atoms with Crippen molar-refractivity contribution in [3.63, 3.8) is 0 Å². The molecule has 0 radical (unpaired) electrons. The molecule has 1 aromatic carbocycles. The smallest absolute Gasteiger partial charge is 0.322 e. The van der Waals surface area contributed by atoms with Gasteiger partial charge in [-0.3, -0.25) is 0 Å². The molecule has 0 fully saturated rings. The van der Waals surface area contributed by atoms with Crippen molar-refractivity contribution >= 4 is 22.3 Å². The SMILES string of the molecule is Cc1oc([S-](=O)=NC(=O)Nc2c3c(cc4c2CC[C@@H]4C)CCC3)cc1C(C)(C)O. The van der Waals surface area contributed by atoms with Crippen molar-refractivity contribution < 1.29 is 18.5 Å². The Balaban J connectivity index is 1.63. The van der Waals surface area contributed by atoms with Gasteiger partial charge in [-0.2, -0.15) is 0 Å². The van der Waals surface area contributed by atoms with Crippen LogP contribution in [0, 0.1) is 6.92 Å². The van der Waals surface area contributed by atoms with Crippen LogP contribution >= 0.6 is 0 Å². The third-order valence-corrected chi connectivity index (χ3v) is 6.90. The Kier molecular flexibility index (Phi) is 5.07. The number of hydrogen-bond donors (Lipinski definition) is 2. The predicted molar refractivity (Wildman–Crippen MR) is 112 cm³/mol. The van der Waals surface area contributed by atoms with E-state index in [2.05, 4.69) is 22.7 Å². The van der Waals surface area contributed by atoms with Crippen LogP contribution < -0.4 is 5.32 Å². The lowest BCUT2D eigenvalue weighted by Crippen LogP contribution is -2.15. The Morgan fingerprint density at radius 3 is 2.72 bits per heavy atom. The van der Waals surface area contributed by atoms with Gasteiger partial charge in [0.25, 0.3) is 0 Å². The Morgan fingerprint density at radius 2 is 2.03 bits per heavy atom. The van der Waals surface area contributed by atoms with Gasteiger partial charge in [-0.15, -0.1) is 10.6 Å². The summed E-state index contributed by atoms with van der Waals surface area (Å²) in [6.07, 6.45) is 5.09. The average Bonchev–Trinajstić information content (AvgIpc) is 3.33. The van der Waals surface area contributed by atoms with Gasteiger partial charge in [0.1, 0.15) is 5.76 Å². The molecule has 6 nitrogen and oxygen atoms in total. The van der Waals surface area contributed by atoms with Crippen LogP contribution in [-0.2, 0) is 39.7 Å². The Labute approximate surface area is 172 Å². The molecule has 2 aliphatic carbocycles. The van der Waals surface area contributed by atoms with E-state index in [4.69, 9.17) is 4.42 Å². The first kappa shape index (κ1) is 20.2. The quantitative estimate of drug-likeness (QED) is 0.683. The molecule has 2 amide bonds. The minimum absolute atomic E-state index is 0.0620. The number of anilines is 1. The van der Waals surface area contributed by atoms with Crippen LogP contribution in [0.3, 0.4) is 0 Å². The predicted octanol–water partition coefficient (Wildman–Crippen LogP) is 5.09. The second-order valence-electron chi connectivity index (χ2n) is 8.62. The van der Waals surface area contributed by atoms with Gasteiger partial charge in [-0.1, -0.05) is 13.0 Å². The third-order valence-electron chi connectivity index (χ3n) is 6.02. The first-order valence-electron chi connectivity index (χ1n) is 10.1. The van der Waals surface area contributed by atoms with Gasteiger partial charge in [0.05, 0.1) is 10.7 Å². The maximum absolute atomic E-state index is 12.6. The Morgan fingerprint density at radius 1 is 1.28 bits per heavy atom. The maximum Gasteiger partial charge on any atom is 0.322 e. The fourth-order valence-corrected chi connectivity index (χ4v) is 5.29. The molecule has 1 atom stereocenters. The number of urea groups is 1. The average molecular weight is 416 g/mol. The molecule has 0 bridgehead atoms. The third kappa shape index (κ3) is 3.73. The van der Waals surface area contributed by atoms with Crippen LogP contribution in [0.25, 0.3) is 0 Å². The number of fused-ring (bicyclic) bond motifs is 2. The van der Waals surface area contributed by atoms with Gasteiger partial charge in [0.2, 0.25) is 0 Å². The van der Waals surface area contributed by atoms with Gasteiger partial charge >= 0.3 is 6.03 Å². The molecule has 29 heavy (non-hydrogen) atoms. The fourth-order valence-electron chi connectivity index (χ4n) is 4.59. The number of nitrogens with zero attached hydrogens (tertiary/aromatic N) is 1. The van der Waals surface area contributed by atoms with E-state index in [1.165, 1.54) is 28.3 Å². The zero-order valence-electron chi connectivity index (χ0n) is 17.3. The fraction of sp³-hybridized carbons (Fsp3) is 0.500. The van der Waals surface area contributed by atoms with E-state index in [-0.39, 0.29) is 5.09 Å². The zero-order chi connectivity index (χ0) is 20.9. The van der Waals surface area contributed by atoms with Crippen molar-refractivity contribution in [2.75, 3.05) is 5.32 Å². The van der Waals surface area contributed by atoms with Crippen molar-refractivity contribution in [2.45, 2.75) is 76.4 Å². The summed E-state index contributed by atoms with van der Waals surface area (Å²) in [5.41, 5.74) is 5.31. The largest absolute Gasteiger partial charge is 0.485 e. The van der Waals surface area contributed by atoms with Gasteiger partial charge in [0.15, 0.2) is 0 Å². The molecule has 0 saturated carbocycles. The molecule has 0 aliphatic heterocycles. The van der Waals surface area contributed by atoms with Gasteiger partial charge in [0, 0.05) is 11.3 Å². The minimum atomic E-state index is -1.98. The number of aliphatic hydroxyl groups is 1. The molecule has 2 N–H and O–H groups in total. The lowest BCUT2D eigenvalue weighted by molar-refractivity contribution is 0.0769. The zero-order valence-corrected chi connectivity index (χ0v) is 18.1. The minimum Gasteiger partial charge on any atom is -0.485 e. The summed E-state index contributed by atoms with van der Waals surface area (Å²) in [6.45, 7) is 7.15. The topological polar surface area (TPSA) is 91.9 Å². The van der Waals surface area contributed by atoms with Crippen molar-refractivity contribution in [3.8, 4) is 0 Å². The number of hydrogen-bond acceptors (Lipinski definition) is 5. The molecular formula is C22H27N2O4S-. The normalized spacial score (nSPS) is 19.3. The van der Waals surface area contributed by atoms with Crippen LogP contribution in [0.15, 0.2) is 26.0 Å². The van der Waals surface area contributed by atoms with Crippen LogP contribution in [0.5, 0.6) is 0 Å². The van der Waals surface area contributed by atoms with Crippen LogP contribution in [0.2, 0.25) is 0 Å². The molecule has 0 spiro atoms. The van der Waals surface area contributed by atoms with E-state index < -0.39 is 22.2 Å². The van der Waals surface area contributed by atoms with E-state index in [1.54, 1.807) is 20.8 Å². The summed E-state index contributed by atoms with van der Waals surface area (Å²) in [5, 5.41) is 13.2. The molecule has 1 aromatic heterocycles. The molecule has 156 valence electrons. The van der Waals surface area contributed by atoms with E-state index >= 15 is 0 Å². The summed E-state index contributed by atoms with van der Waals surface area (Å²) in [6, 6.07) is 3.18. The number of carbonyl (C=O) groups is 1. The summed E-state index contributed by atoms with van der Waals surface area (Å²) in [5.74, 6) is 0.952. The van der Waals surface area contributed by atoms with Gasteiger partial charge in [-0.25, -0.2) is 4.79 Å². The Hall–Kier alpha value is -2.12. The number of benzene rings is 1. The van der Waals surface area contributed by atoms with E-state index in [9.17, 15) is 14.1 Å². The van der Waals surface area contributed by atoms with Gasteiger partial charge in [-0.05, 0) is 87.1 Å². The van der Waals surface area contributed by atoms with Gasteiger partial charge < -0.3 is 23.4 Å². The molecule has 1 heterocycles. The first-order valence-corrected chi connectivity index (χ1v) is 11.2. The van der Waals surface area contributed by atoms with Crippen LogP contribution in [0.1, 0.15) is 73.1 Å². The summed E-state index contributed by atoms with van der Waals surface area (Å²) >= 11 is 0. The van der Waals surface area contributed by atoms with Crippen molar-refractivity contribution in [2.24, 2.45) is 4.36 Å². The number of amides is 2. The summed E-state index contributed by atoms with van der Waals surface area (Å²) in [7, 11) is -1.98. The number of carbonyl (C=O) groups excluding carboxylic acids is 1. The number of furan rings is 1.